The topological polar surface area (TPSA) is 54.7 Å². The van der Waals surface area contributed by atoms with Gasteiger partial charge in [-0.15, -0.1) is 24.8 Å². The highest BCUT2D eigenvalue weighted by Crippen LogP contribution is 2.17. The third-order valence-corrected chi connectivity index (χ3v) is 2.12. The number of fused-ring (bicyclic) bond motifs is 1. The molecule has 1 atom stereocenters. The lowest BCUT2D eigenvalue weighted by molar-refractivity contribution is 0.791. The highest BCUT2D eigenvalue weighted by molar-refractivity contribution is 5.85. The second-order valence-electron chi connectivity index (χ2n) is 3.46. The minimum atomic E-state index is 0. The van der Waals surface area contributed by atoms with Gasteiger partial charge in [-0.1, -0.05) is 0 Å². The summed E-state index contributed by atoms with van der Waals surface area (Å²) in [4.78, 5) is 7.46. The van der Waals surface area contributed by atoms with E-state index in [1.165, 1.54) is 5.56 Å². The van der Waals surface area contributed by atoms with E-state index in [2.05, 4.69) is 22.1 Å². The lowest BCUT2D eigenvalue weighted by atomic mass is 10.2. The van der Waals surface area contributed by atoms with Crippen LogP contribution in [0.3, 0.4) is 0 Å². The van der Waals surface area contributed by atoms with Crippen molar-refractivity contribution in [1.82, 2.24) is 9.97 Å². The average molecular weight is 248 g/mol. The third kappa shape index (κ3) is 2.84. The molecular weight excluding hydrogens is 233 g/mol. The molecule has 3 N–H and O–H groups in total. The van der Waals surface area contributed by atoms with Crippen molar-refractivity contribution in [3.8, 4) is 0 Å². The first-order chi connectivity index (χ1) is 6.16. The standard InChI is InChI=1S/C10H13N3.2ClH/c1-6-3-8-4-9(7(2)11)13-10(8)12-5-6;;/h3-5,7H,11H2,1-2H3,(H,12,13);2*1H. The van der Waals surface area contributed by atoms with Gasteiger partial charge in [-0.05, 0) is 31.5 Å². The van der Waals surface area contributed by atoms with E-state index in [-0.39, 0.29) is 30.9 Å². The van der Waals surface area contributed by atoms with Crippen LogP contribution in [0.5, 0.6) is 0 Å². The Hall–Kier alpha value is -0.770. The highest BCUT2D eigenvalue weighted by atomic mass is 35.5. The number of nitrogens with zero attached hydrogens (tertiary/aromatic N) is 1. The molecule has 1 unspecified atom stereocenters. The number of hydrogen-bond acceptors (Lipinski definition) is 2. The molecule has 2 rings (SSSR count). The maximum Gasteiger partial charge on any atom is 0.137 e. The normalized spacial score (nSPS) is 11.7. The summed E-state index contributed by atoms with van der Waals surface area (Å²) < 4.78 is 0. The zero-order valence-corrected chi connectivity index (χ0v) is 10.3. The van der Waals surface area contributed by atoms with E-state index in [4.69, 9.17) is 5.73 Å². The number of halogens is 2. The molecule has 84 valence electrons. The molecule has 0 radical (unpaired) electrons. The maximum atomic E-state index is 5.76. The maximum absolute atomic E-state index is 5.76. The number of aryl methyl sites for hydroxylation is 1. The zero-order chi connectivity index (χ0) is 9.42. The van der Waals surface area contributed by atoms with Crippen molar-refractivity contribution < 1.29 is 0 Å². The predicted molar refractivity (Wildman–Crippen MR) is 67.9 cm³/mol. The molecule has 2 aromatic rings. The third-order valence-electron chi connectivity index (χ3n) is 2.12. The number of H-pyrrole nitrogens is 1. The summed E-state index contributed by atoms with van der Waals surface area (Å²) in [5.74, 6) is 0. The van der Waals surface area contributed by atoms with Gasteiger partial charge in [-0.2, -0.15) is 0 Å². The Morgan fingerprint density at radius 3 is 2.60 bits per heavy atom. The Kier molecular flexibility index (Phi) is 5.08. The van der Waals surface area contributed by atoms with Crippen LogP contribution < -0.4 is 5.73 Å². The number of aromatic nitrogens is 2. The van der Waals surface area contributed by atoms with Crippen LogP contribution in [0, 0.1) is 6.92 Å². The summed E-state index contributed by atoms with van der Waals surface area (Å²) in [6.45, 7) is 3.99. The molecule has 15 heavy (non-hydrogen) atoms. The molecule has 0 saturated carbocycles. The van der Waals surface area contributed by atoms with E-state index >= 15 is 0 Å². The highest BCUT2D eigenvalue weighted by Gasteiger charge is 2.04. The summed E-state index contributed by atoms with van der Waals surface area (Å²) in [7, 11) is 0. The van der Waals surface area contributed by atoms with Crippen molar-refractivity contribution in [2.45, 2.75) is 19.9 Å². The van der Waals surface area contributed by atoms with Crippen LogP contribution >= 0.6 is 24.8 Å². The molecule has 0 fully saturated rings. The van der Waals surface area contributed by atoms with Crippen molar-refractivity contribution in [3.63, 3.8) is 0 Å². The van der Waals surface area contributed by atoms with Gasteiger partial charge in [0.1, 0.15) is 5.65 Å². The fourth-order valence-electron chi connectivity index (χ4n) is 1.39. The Balaban J connectivity index is 0.000000980. The average Bonchev–Trinajstić information content (AvgIpc) is 2.46. The first-order valence-electron chi connectivity index (χ1n) is 4.37. The summed E-state index contributed by atoms with van der Waals surface area (Å²) in [6, 6.07) is 4.19. The lowest BCUT2D eigenvalue weighted by Gasteiger charge is -1.98. The van der Waals surface area contributed by atoms with Crippen molar-refractivity contribution in [3.05, 3.63) is 29.6 Å². The minimum Gasteiger partial charge on any atom is -0.342 e. The molecule has 0 aliphatic heterocycles. The van der Waals surface area contributed by atoms with Crippen LogP contribution in [0.2, 0.25) is 0 Å². The number of nitrogens with two attached hydrogens (primary N) is 1. The molecule has 5 heteroatoms. The molecule has 0 saturated heterocycles. The molecule has 0 bridgehead atoms. The fraction of sp³-hybridized carbons (Fsp3) is 0.300. The number of aromatic amines is 1. The van der Waals surface area contributed by atoms with Gasteiger partial charge in [-0.25, -0.2) is 4.98 Å². The molecule has 2 aromatic heterocycles. The monoisotopic (exact) mass is 247 g/mol. The van der Waals surface area contributed by atoms with Crippen molar-refractivity contribution in [2.75, 3.05) is 0 Å². The van der Waals surface area contributed by atoms with E-state index in [0.29, 0.717) is 0 Å². The van der Waals surface area contributed by atoms with Crippen LogP contribution in [-0.2, 0) is 0 Å². The number of rotatable bonds is 1. The molecule has 3 nitrogen and oxygen atoms in total. The van der Waals surface area contributed by atoms with Gasteiger partial charge in [-0.3, -0.25) is 0 Å². The second-order valence-corrected chi connectivity index (χ2v) is 3.46. The van der Waals surface area contributed by atoms with E-state index in [1.54, 1.807) is 0 Å². The Morgan fingerprint density at radius 2 is 2.00 bits per heavy atom. The molecule has 0 aliphatic carbocycles. The molecule has 0 spiro atoms. The lowest BCUT2D eigenvalue weighted by Crippen LogP contribution is -2.04. The van der Waals surface area contributed by atoms with Gasteiger partial charge < -0.3 is 10.7 Å². The van der Waals surface area contributed by atoms with E-state index < -0.39 is 0 Å². The summed E-state index contributed by atoms with van der Waals surface area (Å²) in [6.07, 6.45) is 1.85. The van der Waals surface area contributed by atoms with Crippen LogP contribution in [0.25, 0.3) is 11.0 Å². The van der Waals surface area contributed by atoms with Gasteiger partial charge in [0.15, 0.2) is 0 Å². The van der Waals surface area contributed by atoms with Gasteiger partial charge in [0, 0.05) is 23.3 Å². The smallest absolute Gasteiger partial charge is 0.137 e. The van der Waals surface area contributed by atoms with Gasteiger partial charge in [0.2, 0.25) is 0 Å². The van der Waals surface area contributed by atoms with Gasteiger partial charge in [0.05, 0.1) is 0 Å². The Labute approximate surface area is 101 Å². The second kappa shape index (κ2) is 5.35. The van der Waals surface area contributed by atoms with Gasteiger partial charge >= 0.3 is 0 Å². The molecule has 0 aromatic carbocycles. The largest absolute Gasteiger partial charge is 0.342 e. The number of nitrogens with one attached hydrogen (secondary N) is 1. The van der Waals surface area contributed by atoms with E-state index in [9.17, 15) is 0 Å². The summed E-state index contributed by atoms with van der Waals surface area (Å²) in [5, 5.41) is 1.13. The number of hydrogen-bond donors (Lipinski definition) is 2. The predicted octanol–water partition coefficient (Wildman–Crippen LogP) is 2.73. The summed E-state index contributed by atoms with van der Waals surface area (Å²) >= 11 is 0. The van der Waals surface area contributed by atoms with Crippen LogP contribution in [-0.4, -0.2) is 9.97 Å². The molecule has 2 heterocycles. The van der Waals surface area contributed by atoms with E-state index in [0.717, 1.165) is 16.7 Å². The van der Waals surface area contributed by atoms with Crippen LogP contribution in [0.4, 0.5) is 0 Å². The number of pyridine rings is 1. The van der Waals surface area contributed by atoms with Crippen LogP contribution in [0.15, 0.2) is 18.3 Å². The van der Waals surface area contributed by atoms with E-state index in [1.807, 2.05) is 20.0 Å². The van der Waals surface area contributed by atoms with Crippen molar-refractivity contribution in [2.24, 2.45) is 5.73 Å². The van der Waals surface area contributed by atoms with Crippen molar-refractivity contribution >= 4 is 35.8 Å². The first kappa shape index (κ1) is 14.2. The summed E-state index contributed by atoms with van der Waals surface area (Å²) in [5.41, 5.74) is 8.88. The quantitative estimate of drug-likeness (QED) is 0.815. The van der Waals surface area contributed by atoms with Crippen LogP contribution in [0.1, 0.15) is 24.2 Å². The molecule has 0 amide bonds. The molecule has 0 aliphatic rings. The van der Waals surface area contributed by atoms with Gasteiger partial charge in [0.25, 0.3) is 0 Å². The van der Waals surface area contributed by atoms with Crippen molar-refractivity contribution in [1.29, 1.82) is 0 Å². The molecular formula is C10H15Cl2N3. The fourth-order valence-corrected chi connectivity index (χ4v) is 1.39. The Bertz CT molecular complexity index is 437. The SMILES string of the molecule is Cc1cnc2[nH]c(C(C)N)cc2c1.Cl.Cl. The Morgan fingerprint density at radius 1 is 1.33 bits per heavy atom. The zero-order valence-electron chi connectivity index (χ0n) is 8.65. The minimum absolute atomic E-state index is 0. The first-order valence-corrected chi connectivity index (χ1v) is 4.37.